The molecular weight excluding hydrogens is 384 g/mol. The molecule has 152 valence electrons. The molecule has 0 spiro atoms. The van der Waals surface area contributed by atoms with E-state index < -0.39 is 24.5 Å². The molecule has 0 unspecified atom stereocenters. The van der Waals surface area contributed by atoms with Crippen LogP contribution in [0.4, 0.5) is 5.82 Å². The van der Waals surface area contributed by atoms with E-state index >= 15 is 0 Å². The number of fused-ring (bicyclic) bond motifs is 1. The Morgan fingerprint density at radius 3 is 2.86 bits per heavy atom. The molecule has 0 radical (unpaired) electrons. The molecule has 4 atom stereocenters. The SMILES string of the molecule is CSC[C@H]1O[C@@H](n2cnc3c(NC(=O)/C=C/CN(C)C)ncnc32)[C@H](O)[C@@H]1O. The van der Waals surface area contributed by atoms with Crippen LogP contribution in [0.15, 0.2) is 24.8 Å². The molecule has 0 aromatic carbocycles. The number of hydrogen-bond donors (Lipinski definition) is 3. The number of ether oxygens (including phenoxy) is 1. The van der Waals surface area contributed by atoms with Crippen LogP contribution in [0.1, 0.15) is 6.23 Å². The van der Waals surface area contributed by atoms with Crippen molar-refractivity contribution in [1.82, 2.24) is 24.4 Å². The largest absolute Gasteiger partial charge is 0.387 e. The number of rotatable bonds is 7. The molecule has 0 bridgehead atoms. The summed E-state index contributed by atoms with van der Waals surface area (Å²) in [6.07, 6.45) is 4.40. The highest BCUT2D eigenvalue weighted by molar-refractivity contribution is 7.98. The molecule has 3 heterocycles. The number of carbonyl (C=O) groups is 1. The Morgan fingerprint density at radius 1 is 1.36 bits per heavy atom. The van der Waals surface area contributed by atoms with Gasteiger partial charge in [0.15, 0.2) is 23.2 Å². The minimum absolute atomic E-state index is 0.261. The number of aromatic nitrogens is 4. The van der Waals surface area contributed by atoms with Gasteiger partial charge in [-0.2, -0.15) is 11.8 Å². The van der Waals surface area contributed by atoms with Crippen LogP contribution in [-0.2, 0) is 9.53 Å². The predicted octanol–water partition coefficient (Wildman–Crippen LogP) is -0.135. The normalized spacial score (nSPS) is 25.2. The molecular formula is C17H24N6O4S. The van der Waals surface area contributed by atoms with Gasteiger partial charge in [-0.25, -0.2) is 15.0 Å². The minimum Gasteiger partial charge on any atom is -0.387 e. The number of amides is 1. The van der Waals surface area contributed by atoms with Crippen molar-refractivity contribution in [2.24, 2.45) is 0 Å². The van der Waals surface area contributed by atoms with E-state index in [9.17, 15) is 15.0 Å². The van der Waals surface area contributed by atoms with Gasteiger partial charge in [0.1, 0.15) is 18.5 Å². The zero-order valence-corrected chi connectivity index (χ0v) is 16.7. The maximum atomic E-state index is 12.1. The van der Waals surface area contributed by atoms with E-state index in [0.29, 0.717) is 23.5 Å². The summed E-state index contributed by atoms with van der Waals surface area (Å²) in [5.41, 5.74) is 0.763. The molecule has 10 nitrogen and oxygen atoms in total. The first-order valence-electron chi connectivity index (χ1n) is 8.72. The van der Waals surface area contributed by atoms with Crippen molar-refractivity contribution in [2.45, 2.75) is 24.5 Å². The van der Waals surface area contributed by atoms with Gasteiger partial charge >= 0.3 is 0 Å². The summed E-state index contributed by atoms with van der Waals surface area (Å²) in [4.78, 5) is 26.6. The summed E-state index contributed by atoms with van der Waals surface area (Å²) in [7, 11) is 3.81. The second-order valence-electron chi connectivity index (χ2n) is 6.70. The molecule has 3 N–H and O–H groups in total. The molecule has 2 aromatic rings. The highest BCUT2D eigenvalue weighted by atomic mass is 32.2. The summed E-state index contributed by atoms with van der Waals surface area (Å²) in [6, 6.07) is 0. The zero-order chi connectivity index (χ0) is 20.3. The molecule has 11 heteroatoms. The summed E-state index contributed by atoms with van der Waals surface area (Å²) < 4.78 is 7.36. The maximum absolute atomic E-state index is 12.1. The number of carbonyl (C=O) groups excluding carboxylic acids is 1. The van der Waals surface area contributed by atoms with Crippen molar-refractivity contribution in [3.05, 3.63) is 24.8 Å². The third kappa shape index (κ3) is 4.33. The Hall–Kier alpha value is -2.05. The lowest BCUT2D eigenvalue weighted by molar-refractivity contribution is -0.111. The first-order chi connectivity index (χ1) is 13.4. The molecule has 1 amide bonds. The van der Waals surface area contributed by atoms with Gasteiger partial charge in [0.25, 0.3) is 0 Å². The fourth-order valence-corrected chi connectivity index (χ4v) is 3.52. The second kappa shape index (κ2) is 8.97. The number of nitrogens with zero attached hydrogens (tertiary/aromatic N) is 5. The smallest absolute Gasteiger partial charge is 0.249 e. The lowest BCUT2D eigenvalue weighted by Gasteiger charge is -2.16. The average Bonchev–Trinajstić information content (AvgIpc) is 3.19. The van der Waals surface area contributed by atoms with E-state index in [1.165, 1.54) is 30.5 Å². The van der Waals surface area contributed by atoms with E-state index in [4.69, 9.17) is 4.74 Å². The van der Waals surface area contributed by atoms with E-state index in [-0.39, 0.29) is 11.7 Å². The van der Waals surface area contributed by atoms with E-state index in [1.54, 1.807) is 10.6 Å². The molecule has 1 aliphatic heterocycles. The molecule has 1 aliphatic rings. The van der Waals surface area contributed by atoms with Crippen molar-refractivity contribution in [2.75, 3.05) is 38.0 Å². The number of aliphatic hydroxyl groups is 2. The quantitative estimate of drug-likeness (QED) is 0.537. The standard InChI is InChI=1S/C17H24N6O4S/c1-22(2)6-4-5-11(24)21-15-12-16(19-8-18-15)23(9-20-12)17-14(26)13(25)10(27-17)7-28-3/h4-5,8-10,13-14,17,25-26H,6-7H2,1-3H3,(H,18,19,21,24)/b5-4+/t10-,13-,14-,17-/m1/s1. The number of likely N-dealkylation sites (N-methyl/N-ethyl adjacent to an activating group) is 1. The third-order valence-electron chi connectivity index (χ3n) is 4.28. The van der Waals surface area contributed by atoms with Gasteiger partial charge in [-0.05, 0) is 20.4 Å². The van der Waals surface area contributed by atoms with Crippen molar-refractivity contribution < 1.29 is 19.7 Å². The number of thioether (sulfide) groups is 1. The van der Waals surface area contributed by atoms with Crippen LogP contribution < -0.4 is 5.32 Å². The van der Waals surface area contributed by atoms with E-state index in [0.717, 1.165) is 0 Å². The van der Waals surface area contributed by atoms with Crippen LogP contribution in [0, 0.1) is 0 Å². The number of anilines is 1. The molecule has 28 heavy (non-hydrogen) atoms. The van der Waals surface area contributed by atoms with E-state index in [1.807, 2.05) is 25.3 Å². The maximum Gasteiger partial charge on any atom is 0.249 e. The summed E-state index contributed by atoms with van der Waals surface area (Å²) in [5.74, 6) is 0.484. The highest BCUT2D eigenvalue weighted by Crippen LogP contribution is 2.33. The van der Waals surface area contributed by atoms with E-state index in [2.05, 4.69) is 20.3 Å². The molecule has 0 saturated carbocycles. The van der Waals surface area contributed by atoms with Crippen LogP contribution in [-0.4, -0.2) is 91.5 Å². The van der Waals surface area contributed by atoms with Crippen LogP contribution >= 0.6 is 11.8 Å². The highest BCUT2D eigenvalue weighted by Gasteiger charge is 2.44. The number of nitrogens with one attached hydrogen (secondary N) is 1. The van der Waals surface area contributed by atoms with Crippen LogP contribution in [0.2, 0.25) is 0 Å². The Morgan fingerprint density at radius 2 is 2.14 bits per heavy atom. The predicted molar refractivity (Wildman–Crippen MR) is 106 cm³/mol. The molecule has 3 rings (SSSR count). The van der Waals surface area contributed by atoms with Gasteiger partial charge in [0.05, 0.1) is 12.4 Å². The van der Waals surface area contributed by atoms with Crippen LogP contribution in [0.3, 0.4) is 0 Å². The fraction of sp³-hybridized carbons (Fsp3) is 0.529. The number of aliphatic hydroxyl groups excluding tert-OH is 2. The topological polar surface area (TPSA) is 126 Å². The summed E-state index contributed by atoms with van der Waals surface area (Å²) in [6.45, 7) is 0.637. The van der Waals surface area contributed by atoms with Gasteiger partial charge in [-0.1, -0.05) is 6.08 Å². The van der Waals surface area contributed by atoms with Gasteiger partial charge in [-0.3, -0.25) is 9.36 Å². The number of hydrogen-bond acceptors (Lipinski definition) is 9. The first kappa shape index (κ1) is 20.7. The Balaban J connectivity index is 1.82. The summed E-state index contributed by atoms with van der Waals surface area (Å²) >= 11 is 1.52. The molecule has 2 aromatic heterocycles. The minimum atomic E-state index is -1.11. The van der Waals surface area contributed by atoms with Crippen molar-refractivity contribution in [3.8, 4) is 0 Å². The fourth-order valence-electron chi connectivity index (χ4n) is 2.92. The average molecular weight is 408 g/mol. The zero-order valence-electron chi connectivity index (χ0n) is 15.9. The lowest BCUT2D eigenvalue weighted by atomic mass is 10.1. The Kier molecular flexibility index (Phi) is 6.62. The van der Waals surface area contributed by atoms with Crippen molar-refractivity contribution >= 4 is 34.7 Å². The lowest BCUT2D eigenvalue weighted by Crippen LogP contribution is -2.32. The summed E-state index contributed by atoms with van der Waals surface area (Å²) in [5, 5.41) is 23.3. The Labute approximate surface area is 166 Å². The van der Waals surface area contributed by atoms with Gasteiger partial charge < -0.3 is 25.2 Å². The number of imidazole rings is 1. The van der Waals surface area contributed by atoms with Crippen molar-refractivity contribution in [3.63, 3.8) is 0 Å². The second-order valence-corrected chi connectivity index (χ2v) is 7.61. The molecule has 1 fully saturated rings. The molecule has 0 aliphatic carbocycles. The van der Waals surface area contributed by atoms with Gasteiger partial charge in [0, 0.05) is 18.4 Å². The third-order valence-corrected chi connectivity index (χ3v) is 4.94. The Bertz CT molecular complexity index is 857. The molecule has 1 saturated heterocycles. The van der Waals surface area contributed by atoms with Crippen molar-refractivity contribution in [1.29, 1.82) is 0 Å². The van der Waals surface area contributed by atoms with Gasteiger partial charge in [0.2, 0.25) is 5.91 Å². The van der Waals surface area contributed by atoms with Crippen LogP contribution in [0.5, 0.6) is 0 Å². The van der Waals surface area contributed by atoms with Crippen LogP contribution in [0.25, 0.3) is 11.2 Å². The monoisotopic (exact) mass is 408 g/mol. The first-order valence-corrected chi connectivity index (χ1v) is 10.1. The van der Waals surface area contributed by atoms with Gasteiger partial charge in [-0.15, -0.1) is 0 Å².